The van der Waals surface area contributed by atoms with Crippen molar-refractivity contribution in [3.63, 3.8) is 0 Å². The van der Waals surface area contributed by atoms with Crippen LogP contribution in [0.5, 0.6) is 0 Å². The summed E-state index contributed by atoms with van der Waals surface area (Å²) in [5.74, 6) is -0.601. The molecule has 0 fully saturated rings. The molecule has 1 aliphatic heterocycles. The van der Waals surface area contributed by atoms with Gasteiger partial charge in [0.1, 0.15) is 5.00 Å². The lowest BCUT2D eigenvalue weighted by Crippen LogP contribution is -2.27. The summed E-state index contributed by atoms with van der Waals surface area (Å²) in [6, 6.07) is 8.05. The van der Waals surface area contributed by atoms with Crippen LogP contribution in [0.25, 0.3) is 0 Å². The van der Waals surface area contributed by atoms with E-state index in [2.05, 4.69) is 24.1 Å². The number of benzene rings is 1. The first kappa shape index (κ1) is 19.9. The molecule has 3 N–H and O–H groups in total. The predicted octanol–water partition coefficient (Wildman–Crippen LogP) is 3.52. The first-order valence-electron chi connectivity index (χ1n) is 9.01. The molecular formula is C20H25N3O2S2. The zero-order chi connectivity index (χ0) is 19.6. The average Bonchev–Trinajstić information content (AvgIpc) is 2.92. The van der Waals surface area contributed by atoms with Crippen LogP contribution in [0, 0.1) is 0 Å². The number of anilines is 1. The van der Waals surface area contributed by atoms with Crippen LogP contribution in [-0.2, 0) is 24.2 Å². The van der Waals surface area contributed by atoms with Crippen LogP contribution in [0.2, 0.25) is 0 Å². The molecule has 0 saturated heterocycles. The number of carbonyl (C=O) groups excluding carboxylic acids is 2. The van der Waals surface area contributed by atoms with Crippen LogP contribution in [0.15, 0.2) is 29.2 Å². The van der Waals surface area contributed by atoms with Crippen molar-refractivity contribution in [2.75, 3.05) is 18.9 Å². The molecule has 27 heavy (non-hydrogen) atoms. The maximum atomic E-state index is 12.5. The van der Waals surface area contributed by atoms with Crippen LogP contribution >= 0.6 is 23.1 Å². The summed E-state index contributed by atoms with van der Waals surface area (Å²) in [7, 11) is 2.05. The summed E-state index contributed by atoms with van der Waals surface area (Å²) in [5, 5.41) is 4.02. The minimum atomic E-state index is -0.470. The molecule has 5 nitrogen and oxygen atoms in total. The number of amides is 2. The van der Waals surface area contributed by atoms with Gasteiger partial charge in [-0.25, -0.2) is 0 Å². The van der Waals surface area contributed by atoms with E-state index in [-0.39, 0.29) is 12.3 Å². The number of thioether (sulfide) groups is 1. The van der Waals surface area contributed by atoms with E-state index in [0.29, 0.717) is 15.8 Å². The minimum Gasteiger partial charge on any atom is -0.365 e. The third kappa shape index (κ3) is 4.91. The second kappa shape index (κ2) is 8.46. The van der Waals surface area contributed by atoms with E-state index in [1.807, 2.05) is 31.3 Å². The second-order valence-corrected chi connectivity index (χ2v) is 9.85. The number of nitrogens with one attached hydrogen (secondary N) is 1. The molecule has 0 bridgehead atoms. The minimum absolute atomic E-state index is 0.131. The van der Waals surface area contributed by atoms with E-state index in [1.54, 1.807) is 11.8 Å². The van der Waals surface area contributed by atoms with E-state index in [9.17, 15) is 9.59 Å². The van der Waals surface area contributed by atoms with Gasteiger partial charge in [0.25, 0.3) is 5.91 Å². The summed E-state index contributed by atoms with van der Waals surface area (Å²) in [6.07, 6.45) is 1.05. The normalized spacial score (nSPS) is 14.2. The van der Waals surface area contributed by atoms with Gasteiger partial charge >= 0.3 is 0 Å². The van der Waals surface area contributed by atoms with E-state index >= 15 is 0 Å². The van der Waals surface area contributed by atoms with Gasteiger partial charge in [-0.2, -0.15) is 0 Å². The Bertz CT molecular complexity index is 844. The van der Waals surface area contributed by atoms with Crippen molar-refractivity contribution in [3.05, 3.63) is 45.8 Å². The van der Waals surface area contributed by atoms with E-state index in [4.69, 9.17) is 5.73 Å². The van der Waals surface area contributed by atoms with Gasteiger partial charge in [-0.15, -0.1) is 23.1 Å². The molecule has 0 radical (unpaired) electrons. The fraction of sp³-hybridized carbons (Fsp3) is 0.400. The number of likely N-dealkylation sites (N-methyl/N-ethyl adjacent to an activating group) is 1. The van der Waals surface area contributed by atoms with Crippen LogP contribution in [0.3, 0.4) is 0 Å². The molecule has 2 amide bonds. The molecule has 2 heterocycles. The predicted molar refractivity (Wildman–Crippen MR) is 113 cm³/mol. The highest BCUT2D eigenvalue weighted by Crippen LogP contribution is 2.36. The highest BCUT2D eigenvalue weighted by molar-refractivity contribution is 7.99. The van der Waals surface area contributed by atoms with E-state index in [1.165, 1.54) is 16.2 Å². The van der Waals surface area contributed by atoms with Crippen molar-refractivity contribution < 1.29 is 9.59 Å². The maximum absolute atomic E-state index is 12.5. The van der Waals surface area contributed by atoms with Crippen molar-refractivity contribution in [3.8, 4) is 0 Å². The fourth-order valence-corrected chi connectivity index (χ4v) is 5.38. The standard InChI is InChI=1S/C20H25N3O2S2/c1-12(2)26-14-6-4-13(5-7-14)10-17(24)22-20-18(19(21)25)15-8-9-23(3)11-16(15)27-20/h4-7,12H,8-11H2,1-3H3,(H2,21,25)(H,22,24). The molecular weight excluding hydrogens is 378 g/mol. The van der Waals surface area contributed by atoms with Crippen molar-refractivity contribution in [1.82, 2.24) is 4.90 Å². The van der Waals surface area contributed by atoms with Crippen LogP contribution < -0.4 is 11.1 Å². The first-order valence-corrected chi connectivity index (χ1v) is 10.7. The molecule has 2 aromatic rings. The lowest BCUT2D eigenvalue weighted by Gasteiger charge is -2.22. The molecule has 0 atom stereocenters. The van der Waals surface area contributed by atoms with Gasteiger partial charge in [-0.3, -0.25) is 9.59 Å². The monoisotopic (exact) mass is 403 g/mol. The summed E-state index contributed by atoms with van der Waals surface area (Å²) in [4.78, 5) is 29.0. The summed E-state index contributed by atoms with van der Waals surface area (Å²) in [5.41, 5.74) is 8.03. The van der Waals surface area contributed by atoms with E-state index in [0.717, 1.165) is 35.5 Å². The Balaban J connectivity index is 1.71. The van der Waals surface area contributed by atoms with Gasteiger partial charge in [0.15, 0.2) is 0 Å². The molecule has 0 spiro atoms. The number of carbonyl (C=O) groups is 2. The zero-order valence-corrected chi connectivity index (χ0v) is 17.5. The Labute approximate surface area is 168 Å². The summed E-state index contributed by atoms with van der Waals surface area (Å²) in [6.45, 7) is 5.98. The fourth-order valence-electron chi connectivity index (χ4n) is 3.19. The lowest BCUT2D eigenvalue weighted by atomic mass is 10.0. The van der Waals surface area contributed by atoms with Gasteiger partial charge in [-0.05, 0) is 36.7 Å². The number of hydrogen-bond donors (Lipinski definition) is 2. The Morgan fingerprint density at radius 1 is 1.30 bits per heavy atom. The molecule has 144 valence electrons. The molecule has 0 aliphatic carbocycles. The van der Waals surface area contributed by atoms with Gasteiger partial charge in [0.05, 0.1) is 12.0 Å². The second-order valence-electron chi connectivity index (χ2n) is 7.10. The Morgan fingerprint density at radius 2 is 2.00 bits per heavy atom. The highest BCUT2D eigenvalue weighted by atomic mass is 32.2. The van der Waals surface area contributed by atoms with E-state index < -0.39 is 5.91 Å². The Hall–Kier alpha value is -1.83. The maximum Gasteiger partial charge on any atom is 0.251 e. The highest BCUT2D eigenvalue weighted by Gasteiger charge is 2.26. The molecule has 1 aromatic heterocycles. The van der Waals surface area contributed by atoms with Gasteiger partial charge < -0.3 is 16.0 Å². The first-order chi connectivity index (χ1) is 12.8. The number of nitrogens with two attached hydrogens (primary N) is 1. The number of hydrogen-bond acceptors (Lipinski definition) is 5. The number of rotatable bonds is 6. The van der Waals surface area contributed by atoms with Crippen molar-refractivity contribution in [1.29, 1.82) is 0 Å². The van der Waals surface area contributed by atoms with Crippen molar-refractivity contribution in [2.24, 2.45) is 5.73 Å². The number of fused-ring (bicyclic) bond motifs is 1. The molecule has 3 rings (SSSR count). The number of primary amides is 1. The molecule has 1 aliphatic rings. The third-order valence-corrected chi connectivity index (χ3v) is 6.55. The number of thiophene rings is 1. The SMILES string of the molecule is CC(C)Sc1ccc(CC(=O)Nc2sc3c(c2C(N)=O)CCN(C)C3)cc1. The Morgan fingerprint density at radius 3 is 2.63 bits per heavy atom. The van der Waals surface area contributed by atoms with Gasteiger partial charge in [-0.1, -0.05) is 26.0 Å². The summed E-state index contributed by atoms with van der Waals surface area (Å²) < 4.78 is 0. The smallest absolute Gasteiger partial charge is 0.251 e. The third-order valence-electron chi connectivity index (χ3n) is 4.41. The molecule has 0 unspecified atom stereocenters. The van der Waals surface area contributed by atoms with Gasteiger partial charge in [0, 0.05) is 28.1 Å². The van der Waals surface area contributed by atoms with Crippen LogP contribution in [0.1, 0.15) is 40.2 Å². The average molecular weight is 404 g/mol. The quantitative estimate of drug-likeness (QED) is 0.724. The largest absolute Gasteiger partial charge is 0.365 e. The summed E-state index contributed by atoms with van der Waals surface area (Å²) >= 11 is 3.26. The van der Waals surface area contributed by atoms with Crippen LogP contribution in [-0.4, -0.2) is 35.6 Å². The van der Waals surface area contributed by atoms with Crippen LogP contribution in [0.4, 0.5) is 5.00 Å². The molecule has 0 saturated carbocycles. The zero-order valence-electron chi connectivity index (χ0n) is 15.9. The van der Waals surface area contributed by atoms with Gasteiger partial charge in [0.2, 0.25) is 5.91 Å². The lowest BCUT2D eigenvalue weighted by molar-refractivity contribution is -0.115. The number of nitrogens with zero attached hydrogens (tertiary/aromatic N) is 1. The van der Waals surface area contributed by atoms with Crippen molar-refractivity contribution in [2.45, 2.75) is 43.4 Å². The topological polar surface area (TPSA) is 75.4 Å². The Kier molecular flexibility index (Phi) is 6.24. The molecule has 1 aromatic carbocycles. The molecule has 7 heteroatoms. The van der Waals surface area contributed by atoms with Crippen molar-refractivity contribution >= 4 is 39.9 Å².